The molecular formula is C36H26N4S. The fourth-order valence-corrected chi connectivity index (χ4v) is 6.28. The molecule has 0 N–H and O–H groups in total. The zero-order valence-corrected chi connectivity index (χ0v) is 23.1. The molecule has 4 nitrogen and oxygen atoms in total. The topological polar surface area (TPSA) is 41.9 Å². The highest BCUT2D eigenvalue weighted by atomic mass is 32.2. The molecule has 0 amide bonds. The van der Waals surface area contributed by atoms with Crippen LogP contribution in [0.2, 0.25) is 0 Å². The predicted octanol–water partition coefficient (Wildman–Crippen LogP) is 8.73. The highest BCUT2D eigenvalue weighted by Crippen LogP contribution is 2.48. The molecular weight excluding hydrogens is 520 g/mol. The second kappa shape index (κ2) is 10.9. The molecule has 4 aromatic carbocycles. The van der Waals surface area contributed by atoms with E-state index in [4.69, 9.17) is 15.0 Å². The van der Waals surface area contributed by atoms with Crippen molar-refractivity contribution in [3.63, 3.8) is 0 Å². The number of allylic oxidation sites excluding steroid dienone is 5. The van der Waals surface area contributed by atoms with Crippen LogP contribution in [0, 0.1) is 0 Å². The molecule has 0 radical (unpaired) electrons. The molecule has 3 heterocycles. The Bertz CT molecular complexity index is 1800. The molecule has 0 atom stereocenters. The van der Waals surface area contributed by atoms with E-state index < -0.39 is 0 Å². The van der Waals surface area contributed by atoms with Crippen molar-refractivity contribution < 1.29 is 0 Å². The van der Waals surface area contributed by atoms with Crippen molar-refractivity contribution in [1.29, 1.82) is 0 Å². The molecule has 0 unspecified atom stereocenters. The Balaban J connectivity index is 1.54. The van der Waals surface area contributed by atoms with E-state index in [1.165, 1.54) is 9.79 Å². The van der Waals surface area contributed by atoms with Crippen LogP contribution in [0.1, 0.15) is 11.1 Å². The molecule has 1 aromatic heterocycles. The van der Waals surface area contributed by atoms with Gasteiger partial charge in [0.05, 0.1) is 5.70 Å². The maximum Gasteiger partial charge on any atom is 0.234 e. The normalized spacial score (nSPS) is 15.9. The summed E-state index contributed by atoms with van der Waals surface area (Å²) in [5.41, 5.74) is 7.18. The number of fused-ring (bicyclic) bond motifs is 4. The third kappa shape index (κ3) is 4.81. The highest BCUT2D eigenvalue weighted by Gasteiger charge is 2.29. The van der Waals surface area contributed by atoms with Gasteiger partial charge in [0.15, 0.2) is 11.6 Å². The van der Waals surface area contributed by atoms with Crippen LogP contribution in [0.3, 0.4) is 0 Å². The van der Waals surface area contributed by atoms with Gasteiger partial charge >= 0.3 is 0 Å². The largest absolute Gasteiger partial charge is 0.305 e. The van der Waals surface area contributed by atoms with Gasteiger partial charge in [0.1, 0.15) is 0 Å². The van der Waals surface area contributed by atoms with Gasteiger partial charge in [-0.1, -0.05) is 140 Å². The van der Waals surface area contributed by atoms with E-state index >= 15 is 0 Å². The zero-order chi connectivity index (χ0) is 27.6. The van der Waals surface area contributed by atoms with Crippen LogP contribution in [0.5, 0.6) is 0 Å². The van der Waals surface area contributed by atoms with Crippen LogP contribution < -0.4 is 4.90 Å². The van der Waals surface area contributed by atoms with Gasteiger partial charge in [-0.05, 0) is 23.3 Å². The summed E-state index contributed by atoms with van der Waals surface area (Å²) in [4.78, 5) is 19.7. The molecule has 196 valence electrons. The number of nitrogens with zero attached hydrogens (tertiary/aromatic N) is 4. The first-order valence-electron chi connectivity index (χ1n) is 13.5. The lowest BCUT2D eigenvalue weighted by Crippen LogP contribution is -2.26. The molecule has 41 heavy (non-hydrogen) atoms. The minimum Gasteiger partial charge on any atom is -0.305 e. The predicted molar refractivity (Wildman–Crippen MR) is 169 cm³/mol. The number of anilines is 1. The Morgan fingerprint density at radius 2 is 1.17 bits per heavy atom. The molecule has 0 spiro atoms. The van der Waals surface area contributed by atoms with Crippen molar-refractivity contribution in [2.75, 3.05) is 11.4 Å². The minimum atomic E-state index is 0.574. The monoisotopic (exact) mass is 546 g/mol. The Morgan fingerprint density at radius 1 is 0.610 bits per heavy atom. The highest BCUT2D eigenvalue weighted by molar-refractivity contribution is 7.99. The Labute approximate surface area is 244 Å². The van der Waals surface area contributed by atoms with Crippen molar-refractivity contribution in [2.45, 2.75) is 9.79 Å². The molecule has 2 aliphatic heterocycles. The SMILES string of the molecule is C=C1/C=C\C=C/CN(c2nc(-c3ccccc3)nc(-c3ccccc3)n2)C2=C1c1ccccc1Sc1ccccc12. The average molecular weight is 547 g/mol. The number of aromatic nitrogens is 3. The van der Waals surface area contributed by atoms with Gasteiger partial charge < -0.3 is 4.90 Å². The first-order valence-corrected chi connectivity index (χ1v) is 14.4. The second-order valence-electron chi connectivity index (χ2n) is 9.76. The summed E-state index contributed by atoms with van der Waals surface area (Å²) in [7, 11) is 0. The van der Waals surface area contributed by atoms with Crippen LogP contribution >= 0.6 is 11.8 Å². The van der Waals surface area contributed by atoms with E-state index in [9.17, 15) is 0 Å². The minimum absolute atomic E-state index is 0.574. The lowest BCUT2D eigenvalue weighted by atomic mass is 9.93. The number of hydrogen-bond donors (Lipinski definition) is 0. The maximum absolute atomic E-state index is 5.11. The van der Waals surface area contributed by atoms with E-state index in [-0.39, 0.29) is 0 Å². The summed E-state index contributed by atoms with van der Waals surface area (Å²) < 4.78 is 0. The van der Waals surface area contributed by atoms with E-state index in [1.54, 1.807) is 11.8 Å². The number of hydrogen-bond acceptors (Lipinski definition) is 5. The first-order chi connectivity index (χ1) is 20.3. The van der Waals surface area contributed by atoms with Crippen molar-refractivity contribution in [3.05, 3.63) is 157 Å². The summed E-state index contributed by atoms with van der Waals surface area (Å²) >= 11 is 1.78. The Kier molecular flexibility index (Phi) is 6.63. The lowest BCUT2D eigenvalue weighted by Gasteiger charge is -2.28. The number of benzene rings is 4. The average Bonchev–Trinajstić information content (AvgIpc) is 3.12. The Morgan fingerprint density at radius 3 is 1.83 bits per heavy atom. The van der Waals surface area contributed by atoms with Crippen LogP contribution in [-0.4, -0.2) is 21.5 Å². The quantitative estimate of drug-likeness (QED) is 0.226. The summed E-state index contributed by atoms with van der Waals surface area (Å²) in [6, 6.07) is 37.3. The Hall–Kier alpha value is -5.00. The van der Waals surface area contributed by atoms with Gasteiger partial charge in [-0.2, -0.15) is 9.97 Å². The molecule has 5 heteroatoms. The molecule has 0 saturated carbocycles. The van der Waals surface area contributed by atoms with Crippen LogP contribution in [0.4, 0.5) is 5.95 Å². The third-order valence-electron chi connectivity index (χ3n) is 7.11. The molecule has 7 rings (SSSR count). The van der Waals surface area contributed by atoms with Gasteiger partial charge in [-0.3, -0.25) is 0 Å². The van der Waals surface area contributed by atoms with E-state index in [2.05, 4.69) is 84.3 Å². The molecule has 0 fully saturated rings. The van der Waals surface area contributed by atoms with E-state index in [0.29, 0.717) is 24.1 Å². The van der Waals surface area contributed by atoms with E-state index in [0.717, 1.165) is 39.1 Å². The fourth-order valence-electron chi connectivity index (χ4n) is 5.19. The first kappa shape index (κ1) is 25.0. The maximum atomic E-state index is 5.11. The van der Waals surface area contributed by atoms with Crippen molar-refractivity contribution >= 4 is 29.0 Å². The van der Waals surface area contributed by atoms with Crippen LogP contribution in [-0.2, 0) is 0 Å². The van der Waals surface area contributed by atoms with E-state index in [1.807, 2.05) is 60.7 Å². The zero-order valence-electron chi connectivity index (χ0n) is 22.3. The smallest absolute Gasteiger partial charge is 0.234 e. The lowest BCUT2D eigenvalue weighted by molar-refractivity contribution is 0.964. The van der Waals surface area contributed by atoms with Gasteiger partial charge in [0.2, 0.25) is 5.95 Å². The second-order valence-corrected chi connectivity index (χ2v) is 10.8. The summed E-state index contributed by atoms with van der Waals surface area (Å²) in [6.45, 7) is 5.12. The molecule has 0 bridgehead atoms. The van der Waals surface area contributed by atoms with Crippen molar-refractivity contribution in [1.82, 2.24) is 15.0 Å². The fraction of sp³-hybridized carbons (Fsp3) is 0.0278. The number of rotatable bonds is 3. The van der Waals surface area contributed by atoms with Crippen LogP contribution in [0.25, 0.3) is 34.0 Å². The van der Waals surface area contributed by atoms with Gasteiger partial charge in [-0.15, -0.1) is 0 Å². The van der Waals surface area contributed by atoms with Gasteiger partial charge in [-0.25, -0.2) is 4.98 Å². The third-order valence-corrected chi connectivity index (χ3v) is 8.26. The summed E-state index contributed by atoms with van der Waals surface area (Å²) in [5, 5.41) is 0. The standard InChI is InChI=1S/C36H26N4S/c1-25-15-5-4-14-24-40(33-29-21-11-13-23-31(29)41-30-22-12-10-20-28(30)32(25)33)36-38-34(26-16-6-2-7-17-26)37-35(39-36)27-18-8-3-9-19-27/h2-23H,1,24H2/b14-4-,15-5-. The van der Waals surface area contributed by atoms with Gasteiger partial charge in [0, 0.05) is 38.6 Å². The summed E-state index contributed by atoms with van der Waals surface area (Å²) in [5.74, 6) is 1.85. The van der Waals surface area contributed by atoms with Crippen molar-refractivity contribution in [3.8, 4) is 22.8 Å². The summed E-state index contributed by atoms with van der Waals surface area (Å²) in [6.07, 6.45) is 8.35. The molecule has 0 aliphatic carbocycles. The molecule has 2 aliphatic rings. The van der Waals surface area contributed by atoms with Crippen molar-refractivity contribution in [2.24, 2.45) is 0 Å². The molecule has 5 aromatic rings. The van der Waals surface area contributed by atoms with Gasteiger partial charge in [0.25, 0.3) is 0 Å². The van der Waals surface area contributed by atoms with Crippen LogP contribution in [0.15, 0.2) is 155 Å². The molecule has 0 saturated heterocycles.